The lowest BCUT2D eigenvalue weighted by molar-refractivity contribution is -0.143. The van der Waals surface area contributed by atoms with Crippen molar-refractivity contribution in [1.29, 1.82) is 0 Å². The van der Waals surface area contributed by atoms with Crippen LogP contribution in [-0.4, -0.2) is 138 Å². The molecular formula is C33H46F2N8O7S. The second-order valence-electron chi connectivity index (χ2n) is 14.0. The van der Waals surface area contributed by atoms with Crippen molar-refractivity contribution >= 4 is 40.1 Å². The predicted octanol–water partition coefficient (Wildman–Crippen LogP) is 0.319. The van der Waals surface area contributed by atoms with Gasteiger partial charge in [0.25, 0.3) is 5.91 Å². The summed E-state index contributed by atoms with van der Waals surface area (Å²) >= 11 is 1.37. The van der Waals surface area contributed by atoms with E-state index in [0.29, 0.717) is 45.1 Å². The van der Waals surface area contributed by atoms with E-state index in [0.717, 1.165) is 11.2 Å². The number of morpholine rings is 1. The number of primary amides is 1. The fourth-order valence-corrected chi connectivity index (χ4v) is 7.09. The predicted molar refractivity (Wildman–Crippen MR) is 183 cm³/mol. The van der Waals surface area contributed by atoms with Gasteiger partial charge in [-0.2, -0.15) is 4.39 Å². The molecule has 3 fully saturated rings. The molecule has 0 radical (unpaired) electrons. The number of aromatic nitrogens is 1. The van der Waals surface area contributed by atoms with Crippen molar-refractivity contribution in [2.45, 2.75) is 58.3 Å². The van der Waals surface area contributed by atoms with Crippen molar-refractivity contribution in [2.24, 2.45) is 11.1 Å². The first-order chi connectivity index (χ1) is 24.1. The second-order valence-corrected chi connectivity index (χ2v) is 14.8. The number of β-amino-alcohol motifs (C(OH)–C–C–N with tert-alkyl or cyclic N) is 1. The van der Waals surface area contributed by atoms with Crippen molar-refractivity contribution in [3.8, 4) is 17.0 Å². The van der Waals surface area contributed by atoms with Gasteiger partial charge in [0.05, 0.1) is 31.1 Å². The Bertz CT molecular complexity index is 1590. The minimum atomic E-state index is -1.20. The van der Waals surface area contributed by atoms with Crippen LogP contribution in [0.4, 0.5) is 13.9 Å². The van der Waals surface area contributed by atoms with E-state index in [-0.39, 0.29) is 37.4 Å². The molecule has 3 aliphatic heterocycles. The fourth-order valence-electron chi connectivity index (χ4n) is 6.21. The average molecular weight is 737 g/mol. The zero-order valence-electron chi connectivity index (χ0n) is 29.2. The molecule has 3 aliphatic rings. The molecular weight excluding hydrogens is 690 g/mol. The number of carbonyl (C=O) groups excluding carboxylic acids is 4. The zero-order valence-corrected chi connectivity index (χ0v) is 30.0. The van der Waals surface area contributed by atoms with Gasteiger partial charge in [0.1, 0.15) is 12.1 Å². The van der Waals surface area contributed by atoms with Gasteiger partial charge < -0.3 is 40.3 Å². The molecule has 15 nitrogen and oxygen atoms in total. The number of aliphatic hydroxyl groups excluding tert-OH is 1. The number of anilines is 1. The van der Waals surface area contributed by atoms with E-state index in [2.05, 4.69) is 20.6 Å². The van der Waals surface area contributed by atoms with Gasteiger partial charge in [0.15, 0.2) is 23.3 Å². The number of ether oxygens (including phenoxy) is 2. The first-order valence-electron chi connectivity index (χ1n) is 16.9. The van der Waals surface area contributed by atoms with Crippen LogP contribution in [0.5, 0.6) is 5.75 Å². The lowest BCUT2D eigenvalue weighted by Gasteiger charge is -2.38. The number of halogens is 2. The van der Waals surface area contributed by atoms with Crippen LogP contribution < -0.4 is 26.1 Å². The Morgan fingerprint density at radius 3 is 2.45 bits per heavy atom. The lowest BCUT2D eigenvalue weighted by Crippen LogP contribution is -2.62. The standard InChI is InChI=1S/C33H46F2N8O7S/c1-19(30(47)38-28(33(2,3)4)31(48)43-16-20(44)15-24(43)29(36)46)39-42-9-7-40(8-10-42)25(45)17-50-27-21(5-6-22(34)26(27)35)23-18-51-32(37-23)41-11-13-49-14-12-41/h5-6,18-20,24,28,39,44H,7-17H2,1-4H3,(H2,36,46)(H,38,47)/t19?,20-,24+,28-/m1/s1. The Morgan fingerprint density at radius 2 is 1.80 bits per heavy atom. The second kappa shape index (κ2) is 16.1. The molecule has 4 heterocycles. The number of hydrogen-bond acceptors (Lipinski definition) is 12. The number of benzene rings is 1. The van der Waals surface area contributed by atoms with Gasteiger partial charge in [-0.15, -0.1) is 11.3 Å². The summed E-state index contributed by atoms with van der Waals surface area (Å²) in [5, 5.41) is 17.1. The number of amides is 4. The van der Waals surface area contributed by atoms with Crippen LogP contribution in [0.3, 0.4) is 0 Å². The topological polar surface area (TPSA) is 183 Å². The van der Waals surface area contributed by atoms with Gasteiger partial charge in [-0.1, -0.05) is 20.8 Å². The Balaban J connectivity index is 1.13. The molecule has 51 heavy (non-hydrogen) atoms. The first kappa shape index (κ1) is 38.3. The number of hydrazine groups is 1. The van der Waals surface area contributed by atoms with E-state index in [4.69, 9.17) is 15.2 Å². The van der Waals surface area contributed by atoms with Crippen LogP contribution in [-0.2, 0) is 23.9 Å². The van der Waals surface area contributed by atoms with Crippen molar-refractivity contribution in [3.63, 3.8) is 0 Å². The van der Waals surface area contributed by atoms with Gasteiger partial charge in [0, 0.05) is 63.2 Å². The van der Waals surface area contributed by atoms with Crippen molar-refractivity contribution in [3.05, 3.63) is 29.1 Å². The number of aliphatic hydroxyl groups is 1. The highest BCUT2D eigenvalue weighted by molar-refractivity contribution is 7.14. The molecule has 0 aliphatic carbocycles. The molecule has 4 atom stereocenters. The minimum Gasteiger partial charge on any atom is -0.480 e. The first-order valence-corrected chi connectivity index (χ1v) is 17.8. The molecule has 1 aromatic heterocycles. The van der Waals surface area contributed by atoms with E-state index in [1.807, 2.05) is 0 Å². The minimum absolute atomic E-state index is 0.0380. The maximum atomic E-state index is 15.0. The van der Waals surface area contributed by atoms with E-state index in [1.165, 1.54) is 27.2 Å². The molecule has 280 valence electrons. The molecule has 0 bridgehead atoms. The lowest BCUT2D eigenvalue weighted by atomic mass is 9.85. The number of likely N-dealkylation sites (tertiary alicyclic amines) is 1. The SMILES string of the molecule is CC(NN1CCN(C(=O)COc2c(-c3csc(N4CCOCC4)n3)ccc(F)c2F)CC1)C(=O)N[C@H](C(=O)N1C[C@H](O)C[C@H]1C(N)=O)C(C)(C)C. The van der Waals surface area contributed by atoms with E-state index >= 15 is 0 Å². The van der Waals surface area contributed by atoms with E-state index in [9.17, 15) is 33.1 Å². The number of piperazine rings is 1. The summed E-state index contributed by atoms with van der Waals surface area (Å²) in [6.45, 7) is 10.1. The normalized spacial score (nSPS) is 21.4. The molecule has 0 spiro atoms. The third-order valence-electron chi connectivity index (χ3n) is 9.13. The summed E-state index contributed by atoms with van der Waals surface area (Å²) in [4.78, 5) is 61.2. The molecule has 1 unspecified atom stereocenters. The van der Waals surface area contributed by atoms with Crippen LogP contribution in [0.25, 0.3) is 11.3 Å². The number of hydrogen-bond donors (Lipinski definition) is 4. The average Bonchev–Trinajstić information content (AvgIpc) is 3.75. The number of carbonyl (C=O) groups is 4. The van der Waals surface area contributed by atoms with Crippen LogP contribution >= 0.6 is 11.3 Å². The molecule has 0 saturated carbocycles. The maximum absolute atomic E-state index is 15.0. The smallest absolute Gasteiger partial charge is 0.260 e. The largest absolute Gasteiger partial charge is 0.480 e. The third kappa shape index (κ3) is 9.10. The van der Waals surface area contributed by atoms with Gasteiger partial charge in [-0.3, -0.25) is 19.2 Å². The van der Waals surface area contributed by atoms with Crippen LogP contribution in [0, 0.1) is 17.0 Å². The van der Waals surface area contributed by atoms with Gasteiger partial charge in [0.2, 0.25) is 23.5 Å². The summed E-state index contributed by atoms with van der Waals surface area (Å²) in [5.41, 5.74) is 8.49. The number of nitrogens with one attached hydrogen (secondary N) is 2. The summed E-state index contributed by atoms with van der Waals surface area (Å²) in [5.74, 6) is -4.81. The van der Waals surface area contributed by atoms with E-state index in [1.54, 1.807) is 38.1 Å². The van der Waals surface area contributed by atoms with Crippen LogP contribution in [0.2, 0.25) is 0 Å². The quantitative estimate of drug-likeness (QED) is 0.249. The number of nitrogens with two attached hydrogens (primary N) is 1. The highest BCUT2D eigenvalue weighted by Gasteiger charge is 2.44. The van der Waals surface area contributed by atoms with Crippen LogP contribution in [0.15, 0.2) is 17.5 Å². The molecule has 5 rings (SSSR count). The van der Waals surface area contributed by atoms with Crippen molar-refractivity contribution in [2.75, 3.05) is 70.5 Å². The molecule has 4 amide bonds. The molecule has 18 heteroatoms. The Morgan fingerprint density at radius 1 is 1.12 bits per heavy atom. The Kier molecular flexibility index (Phi) is 12.1. The monoisotopic (exact) mass is 736 g/mol. The van der Waals surface area contributed by atoms with Gasteiger partial charge in [-0.25, -0.2) is 19.8 Å². The summed E-state index contributed by atoms with van der Waals surface area (Å²) in [6, 6.07) is -0.350. The van der Waals surface area contributed by atoms with Crippen molar-refractivity contribution in [1.82, 2.24) is 30.5 Å². The van der Waals surface area contributed by atoms with Gasteiger partial charge >= 0.3 is 0 Å². The molecule has 1 aromatic carbocycles. The number of nitrogens with zero attached hydrogens (tertiary/aromatic N) is 5. The summed E-state index contributed by atoms with van der Waals surface area (Å²) in [7, 11) is 0. The maximum Gasteiger partial charge on any atom is 0.260 e. The molecule has 5 N–H and O–H groups in total. The Labute approximate surface area is 299 Å². The number of rotatable bonds is 11. The molecule has 3 saturated heterocycles. The Hall–Kier alpha value is -3.97. The third-order valence-corrected chi connectivity index (χ3v) is 10.0. The molecule has 2 aromatic rings. The number of thiazole rings is 1. The van der Waals surface area contributed by atoms with Crippen LogP contribution in [0.1, 0.15) is 34.1 Å². The van der Waals surface area contributed by atoms with Gasteiger partial charge in [-0.05, 0) is 24.5 Å². The van der Waals surface area contributed by atoms with E-state index < -0.39 is 71.5 Å². The summed E-state index contributed by atoms with van der Waals surface area (Å²) in [6.07, 6.45) is -0.853. The highest BCUT2D eigenvalue weighted by atomic mass is 32.1. The fraction of sp³-hybridized carbons (Fsp3) is 0.606. The van der Waals surface area contributed by atoms with Crippen molar-refractivity contribution < 1.29 is 42.5 Å². The zero-order chi connectivity index (χ0) is 37.0. The highest BCUT2D eigenvalue weighted by Crippen LogP contribution is 2.36. The summed E-state index contributed by atoms with van der Waals surface area (Å²) < 4.78 is 40.3.